The quantitative estimate of drug-likeness (QED) is 0.266. The fraction of sp³-hybridized carbons (Fsp3) is 0.400. The Bertz CT molecular complexity index is 773. The van der Waals surface area contributed by atoms with Crippen molar-refractivity contribution in [1.82, 2.24) is 20.2 Å². The second-order valence-electron chi connectivity index (χ2n) is 4.87. The third-order valence-corrected chi connectivity index (χ3v) is 4.11. The van der Waals surface area contributed by atoms with Crippen LogP contribution in [0, 0.1) is 26.0 Å². The number of thioether (sulfide) groups is 1. The van der Waals surface area contributed by atoms with Gasteiger partial charge in [0.15, 0.2) is 0 Å². The van der Waals surface area contributed by atoms with E-state index in [9.17, 15) is 0 Å². The number of aryl methyl sites for hydroxylation is 2. The fourth-order valence-electron chi connectivity index (χ4n) is 2.20. The first kappa shape index (κ1) is 19.8. The number of hydrogen-bond donors (Lipinski definition) is 1. The summed E-state index contributed by atoms with van der Waals surface area (Å²) in [4.78, 5) is 7.87. The molecule has 22 heavy (non-hydrogen) atoms. The van der Waals surface area contributed by atoms with Gasteiger partial charge in [-0.1, -0.05) is 39.0 Å². The zero-order valence-electron chi connectivity index (χ0n) is 12.7. The van der Waals surface area contributed by atoms with Gasteiger partial charge in [-0.05, 0) is 6.42 Å². The van der Waals surface area contributed by atoms with Gasteiger partial charge in [-0.3, -0.25) is 11.1 Å². The molecule has 2 heterocycles. The minimum atomic E-state index is 0. The zero-order chi connectivity index (χ0) is 14.1. The maximum Gasteiger partial charge on any atom is 0.211 e. The van der Waals surface area contributed by atoms with Crippen LogP contribution in [0.2, 0.25) is 0 Å². The van der Waals surface area contributed by atoms with Gasteiger partial charge in [-0.25, -0.2) is 10.4 Å². The summed E-state index contributed by atoms with van der Waals surface area (Å²) in [7, 11) is 0. The first-order valence-electron chi connectivity index (χ1n) is 6.79. The van der Waals surface area contributed by atoms with Crippen LogP contribution in [0.1, 0.15) is 30.9 Å². The number of H-pyrrole nitrogens is 1. The SMILES string of the molecule is CCCCSc1nnc2c(n1)[nH]c1c(C)[c-]c(C)[c-]c12.[W].[W]. The summed E-state index contributed by atoms with van der Waals surface area (Å²) in [6.07, 6.45) is 2.35. The number of fused-ring (bicyclic) bond motifs is 3. The van der Waals surface area contributed by atoms with E-state index >= 15 is 0 Å². The van der Waals surface area contributed by atoms with Crippen molar-refractivity contribution in [2.24, 2.45) is 0 Å². The van der Waals surface area contributed by atoms with Crippen LogP contribution in [0.4, 0.5) is 0 Å². The molecule has 0 spiro atoms. The van der Waals surface area contributed by atoms with Gasteiger partial charge < -0.3 is 17.1 Å². The van der Waals surface area contributed by atoms with Crippen LogP contribution < -0.4 is 0 Å². The summed E-state index contributed by atoms with van der Waals surface area (Å²) in [5, 5.41) is 10.2. The normalized spacial score (nSPS) is 10.5. The van der Waals surface area contributed by atoms with E-state index in [0.29, 0.717) is 0 Å². The number of rotatable bonds is 4. The molecule has 0 saturated carbocycles. The predicted molar refractivity (Wildman–Crippen MR) is 82.0 cm³/mol. The third kappa shape index (κ3) is 3.99. The van der Waals surface area contributed by atoms with Crippen LogP contribution in [0.15, 0.2) is 5.16 Å². The Kier molecular flexibility index (Phi) is 7.71. The zero-order valence-corrected chi connectivity index (χ0v) is 19.4. The molecule has 1 aromatic carbocycles. The van der Waals surface area contributed by atoms with E-state index < -0.39 is 0 Å². The largest absolute Gasteiger partial charge is 0.444 e. The summed E-state index contributed by atoms with van der Waals surface area (Å²) in [6, 6.07) is 6.55. The van der Waals surface area contributed by atoms with Gasteiger partial charge in [0.25, 0.3) is 0 Å². The van der Waals surface area contributed by atoms with Crippen LogP contribution in [0.25, 0.3) is 22.1 Å². The van der Waals surface area contributed by atoms with Crippen LogP contribution in [-0.4, -0.2) is 25.9 Å². The predicted octanol–water partition coefficient (Wildman–Crippen LogP) is 3.61. The topological polar surface area (TPSA) is 54.5 Å². The summed E-state index contributed by atoms with van der Waals surface area (Å²) >= 11 is 1.65. The molecule has 116 valence electrons. The molecule has 3 rings (SSSR count). The number of nitrogens with one attached hydrogen (secondary N) is 1. The molecule has 0 saturated heterocycles. The van der Waals surface area contributed by atoms with Crippen molar-refractivity contribution < 1.29 is 42.1 Å². The van der Waals surface area contributed by atoms with E-state index in [1.807, 2.05) is 13.8 Å². The second kappa shape index (κ2) is 8.56. The van der Waals surface area contributed by atoms with Crippen molar-refractivity contribution >= 4 is 33.8 Å². The average Bonchev–Trinajstić information content (AvgIpc) is 2.77. The molecule has 0 bridgehead atoms. The van der Waals surface area contributed by atoms with Crippen molar-refractivity contribution in [2.45, 2.75) is 38.8 Å². The Morgan fingerprint density at radius 2 is 1.91 bits per heavy atom. The van der Waals surface area contributed by atoms with Crippen LogP contribution in [-0.2, 0) is 42.1 Å². The first-order chi connectivity index (χ1) is 9.69. The van der Waals surface area contributed by atoms with Gasteiger partial charge in [0.2, 0.25) is 5.16 Å². The standard InChI is InChI=1S/C15H16N4S.2W/c1-4-5-6-20-15-17-14-13(18-19-15)11-8-9(2)7-10(3)12(11)16-14;;/h4-6H2,1-3H3,(H,16,17,19);;/q-2;;. The molecule has 4 nitrogen and oxygen atoms in total. The van der Waals surface area contributed by atoms with Gasteiger partial charge in [-0.2, -0.15) is 5.52 Å². The molecule has 0 aliphatic rings. The molecular weight excluding hydrogens is 636 g/mol. The van der Waals surface area contributed by atoms with Crippen molar-refractivity contribution in [2.75, 3.05) is 5.75 Å². The molecule has 0 unspecified atom stereocenters. The summed E-state index contributed by atoms with van der Waals surface area (Å²) < 4.78 is 0. The van der Waals surface area contributed by atoms with Gasteiger partial charge >= 0.3 is 0 Å². The van der Waals surface area contributed by atoms with Gasteiger partial charge in [0, 0.05) is 47.9 Å². The van der Waals surface area contributed by atoms with E-state index in [1.165, 1.54) is 12.8 Å². The first-order valence-corrected chi connectivity index (χ1v) is 7.78. The molecule has 0 aliphatic heterocycles. The van der Waals surface area contributed by atoms with Gasteiger partial charge in [0.1, 0.15) is 5.65 Å². The fourth-order valence-corrected chi connectivity index (χ4v) is 3.07. The van der Waals surface area contributed by atoms with E-state index in [-0.39, 0.29) is 42.1 Å². The maximum atomic E-state index is 4.55. The molecule has 2 aromatic heterocycles. The smallest absolute Gasteiger partial charge is 0.211 e. The van der Waals surface area contributed by atoms with E-state index in [2.05, 4.69) is 39.2 Å². The minimum Gasteiger partial charge on any atom is -0.444 e. The Labute approximate surface area is 163 Å². The molecule has 1 N–H and O–H groups in total. The van der Waals surface area contributed by atoms with E-state index in [1.54, 1.807) is 11.8 Å². The van der Waals surface area contributed by atoms with Crippen LogP contribution >= 0.6 is 11.8 Å². The van der Waals surface area contributed by atoms with Gasteiger partial charge in [-0.15, -0.1) is 10.2 Å². The molecule has 7 heteroatoms. The van der Waals surface area contributed by atoms with Crippen molar-refractivity contribution in [3.8, 4) is 0 Å². The Morgan fingerprint density at radius 3 is 2.64 bits per heavy atom. The van der Waals surface area contributed by atoms with E-state index in [4.69, 9.17) is 0 Å². The molecule has 0 fully saturated rings. The number of unbranched alkanes of at least 4 members (excludes halogenated alkanes) is 1. The summed E-state index contributed by atoms with van der Waals surface area (Å²) in [5.74, 6) is 1.03. The van der Waals surface area contributed by atoms with Crippen LogP contribution in [0.5, 0.6) is 0 Å². The molecular formula is C15H16N4SW2-2. The maximum absolute atomic E-state index is 4.55. The average molecular weight is 652 g/mol. The summed E-state index contributed by atoms with van der Waals surface area (Å²) in [6.45, 7) is 6.20. The number of nitrogens with zero attached hydrogens (tertiary/aromatic N) is 3. The number of aromatic amines is 1. The number of aromatic nitrogens is 4. The molecule has 0 aliphatic carbocycles. The third-order valence-electron chi connectivity index (χ3n) is 3.19. The van der Waals surface area contributed by atoms with Crippen molar-refractivity contribution in [3.63, 3.8) is 0 Å². The van der Waals surface area contributed by atoms with Crippen molar-refractivity contribution in [1.29, 1.82) is 0 Å². The number of hydrogen-bond acceptors (Lipinski definition) is 4. The second-order valence-corrected chi connectivity index (χ2v) is 5.93. The Morgan fingerprint density at radius 1 is 1.14 bits per heavy atom. The summed E-state index contributed by atoms with van der Waals surface area (Å²) in [5.41, 5.74) is 4.63. The minimum absolute atomic E-state index is 0. The monoisotopic (exact) mass is 652 g/mol. The Hall–Kier alpha value is -0.243. The van der Waals surface area contributed by atoms with Gasteiger partial charge in [0.05, 0.1) is 5.52 Å². The van der Waals surface area contributed by atoms with E-state index in [0.717, 1.165) is 44.1 Å². The molecule has 0 radical (unpaired) electrons. The Balaban J connectivity index is 0.00000121. The van der Waals surface area contributed by atoms with Crippen LogP contribution in [0.3, 0.4) is 0 Å². The molecule has 3 aromatic rings. The molecule has 0 atom stereocenters. The van der Waals surface area contributed by atoms with Crippen molar-refractivity contribution in [3.05, 3.63) is 23.3 Å². The molecule has 0 amide bonds. The number of benzene rings is 1.